The van der Waals surface area contributed by atoms with E-state index >= 15 is 0 Å². The summed E-state index contributed by atoms with van der Waals surface area (Å²) in [6.45, 7) is 1.94. The molecule has 3 aromatic heterocycles. The van der Waals surface area contributed by atoms with Gasteiger partial charge in [0.1, 0.15) is 6.33 Å². The largest absolute Gasteiger partial charge is 0.307 e. The number of aromatic nitrogens is 6. The van der Waals surface area contributed by atoms with E-state index in [9.17, 15) is 0 Å². The van der Waals surface area contributed by atoms with Crippen LogP contribution in [0.15, 0.2) is 48.8 Å². The van der Waals surface area contributed by atoms with E-state index in [0.717, 1.165) is 22.6 Å². The number of aromatic amines is 1. The van der Waals surface area contributed by atoms with Crippen LogP contribution in [0.4, 0.5) is 11.8 Å². The number of hydrogen-bond acceptors (Lipinski definition) is 5. The first-order valence-corrected chi connectivity index (χ1v) is 6.85. The number of benzene rings is 1. The lowest BCUT2D eigenvalue weighted by Crippen LogP contribution is -2.04. The van der Waals surface area contributed by atoms with Crippen molar-refractivity contribution in [2.24, 2.45) is 0 Å². The first-order chi connectivity index (χ1) is 10.8. The molecule has 0 bridgehead atoms. The van der Waals surface area contributed by atoms with Gasteiger partial charge in [0.2, 0.25) is 5.95 Å². The van der Waals surface area contributed by atoms with Crippen molar-refractivity contribution < 1.29 is 0 Å². The molecular formula is C15H13N7. The van der Waals surface area contributed by atoms with Gasteiger partial charge in [-0.1, -0.05) is 30.3 Å². The summed E-state index contributed by atoms with van der Waals surface area (Å²) in [5.41, 5.74) is 3.55. The van der Waals surface area contributed by atoms with Crippen LogP contribution in [-0.2, 0) is 0 Å². The Labute approximate surface area is 126 Å². The van der Waals surface area contributed by atoms with E-state index in [1.807, 2.05) is 49.4 Å². The van der Waals surface area contributed by atoms with E-state index in [0.29, 0.717) is 11.8 Å². The van der Waals surface area contributed by atoms with Crippen molar-refractivity contribution in [3.63, 3.8) is 0 Å². The highest BCUT2D eigenvalue weighted by molar-refractivity contribution is 5.66. The smallest absolute Gasteiger partial charge is 0.232 e. The summed E-state index contributed by atoms with van der Waals surface area (Å²) in [6, 6.07) is 13.8. The molecule has 22 heavy (non-hydrogen) atoms. The van der Waals surface area contributed by atoms with Gasteiger partial charge >= 0.3 is 0 Å². The highest BCUT2D eigenvalue weighted by Gasteiger charge is 2.10. The van der Waals surface area contributed by atoms with Crippen molar-refractivity contribution >= 4 is 17.4 Å². The third-order valence-corrected chi connectivity index (χ3v) is 3.28. The molecule has 7 heteroatoms. The molecule has 0 unspecified atom stereocenters. The zero-order valence-corrected chi connectivity index (χ0v) is 11.9. The quantitative estimate of drug-likeness (QED) is 0.606. The van der Waals surface area contributed by atoms with Crippen LogP contribution in [0.1, 0.15) is 5.69 Å². The zero-order valence-electron chi connectivity index (χ0n) is 11.9. The Morgan fingerprint density at radius 3 is 2.77 bits per heavy atom. The van der Waals surface area contributed by atoms with Gasteiger partial charge in [0.15, 0.2) is 11.5 Å². The molecule has 0 aliphatic heterocycles. The lowest BCUT2D eigenvalue weighted by molar-refractivity contribution is 0.930. The van der Waals surface area contributed by atoms with E-state index in [1.165, 1.54) is 6.33 Å². The Balaban J connectivity index is 1.84. The van der Waals surface area contributed by atoms with Gasteiger partial charge in [-0.3, -0.25) is 5.10 Å². The molecule has 0 atom stereocenters. The number of H-pyrrole nitrogens is 1. The molecule has 0 saturated heterocycles. The number of nitrogens with zero attached hydrogens (tertiary/aromatic N) is 5. The molecule has 0 spiro atoms. The van der Waals surface area contributed by atoms with Gasteiger partial charge in [0, 0.05) is 23.4 Å². The van der Waals surface area contributed by atoms with Crippen LogP contribution in [0.5, 0.6) is 0 Å². The van der Waals surface area contributed by atoms with Crippen LogP contribution in [0.25, 0.3) is 16.9 Å². The molecule has 0 amide bonds. The summed E-state index contributed by atoms with van der Waals surface area (Å²) in [4.78, 5) is 8.90. The highest BCUT2D eigenvalue weighted by atomic mass is 15.4. The number of anilines is 2. The average Bonchev–Trinajstić information content (AvgIpc) is 3.17. The lowest BCUT2D eigenvalue weighted by atomic mass is 10.1. The predicted octanol–water partition coefficient (Wildman–Crippen LogP) is 2.57. The standard InChI is InChI=1S/C15H13N7/c1-10-7-13(21-20-10)19-15-18-12(11-5-3-2-4-6-11)8-14-16-9-17-22(14)15/h2-9H,1H3,(H2,18,19,20,21). The summed E-state index contributed by atoms with van der Waals surface area (Å²) in [5.74, 6) is 1.26. The van der Waals surface area contributed by atoms with Crippen LogP contribution >= 0.6 is 0 Å². The molecule has 7 nitrogen and oxygen atoms in total. The van der Waals surface area contributed by atoms with Crippen LogP contribution in [0.2, 0.25) is 0 Å². The first-order valence-electron chi connectivity index (χ1n) is 6.85. The van der Waals surface area contributed by atoms with Crippen molar-refractivity contribution in [1.82, 2.24) is 29.8 Å². The molecule has 0 aliphatic rings. The molecule has 3 heterocycles. The summed E-state index contributed by atoms with van der Waals surface area (Å²) in [7, 11) is 0. The van der Waals surface area contributed by atoms with Crippen LogP contribution < -0.4 is 5.32 Å². The second-order valence-corrected chi connectivity index (χ2v) is 4.92. The Hall–Kier alpha value is -3.22. The number of rotatable bonds is 3. The minimum Gasteiger partial charge on any atom is -0.307 e. The van der Waals surface area contributed by atoms with E-state index in [4.69, 9.17) is 0 Å². The van der Waals surface area contributed by atoms with Gasteiger partial charge in [0.05, 0.1) is 5.69 Å². The maximum atomic E-state index is 4.64. The van der Waals surface area contributed by atoms with E-state index in [-0.39, 0.29) is 0 Å². The monoisotopic (exact) mass is 291 g/mol. The first kappa shape index (κ1) is 12.5. The van der Waals surface area contributed by atoms with Gasteiger partial charge in [-0.15, -0.1) is 0 Å². The molecule has 0 saturated carbocycles. The topological polar surface area (TPSA) is 83.8 Å². The van der Waals surface area contributed by atoms with Crippen LogP contribution in [-0.4, -0.2) is 29.8 Å². The molecule has 4 aromatic rings. The fraction of sp³-hybridized carbons (Fsp3) is 0.0667. The van der Waals surface area contributed by atoms with Crippen molar-refractivity contribution in [2.45, 2.75) is 6.92 Å². The highest BCUT2D eigenvalue weighted by Crippen LogP contribution is 2.22. The maximum Gasteiger partial charge on any atom is 0.232 e. The fourth-order valence-electron chi connectivity index (χ4n) is 2.26. The normalized spacial score (nSPS) is 11.0. The SMILES string of the molecule is Cc1cc(Nc2nc(-c3ccccc3)cc3ncnn23)n[nH]1. The third-order valence-electron chi connectivity index (χ3n) is 3.28. The molecule has 0 radical (unpaired) electrons. The van der Waals surface area contributed by atoms with Crippen molar-refractivity contribution in [3.8, 4) is 11.3 Å². The lowest BCUT2D eigenvalue weighted by Gasteiger charge is -2.07. The summed E-state index contributed by atoms with van der Waals surface area (Å²) >= 11 is 0. The minimum absolute atomic E-state index is 0.570. The third kappa shape index (κ3) is 2.18. The number of fused-ring (bicyclic) bond motifs is 1. The number of hydrogen-bond donors (Lipinski definition) is 2. The fourth-order valence-corrected chi connectivity index (χ4v) is 2.26. The Morgan fingerprint density at radius 2 is 2.00 bits per heavy atom. The molecule has 1 aromatic carbocycles. The molecule has 108 valence electrons. The zero-order chi connectivity index (χ0) is 14.9. The van der Waals surface area contributed by atoms with E-state index < -0.39 is 0 Å². The Kier molecular flexibility index (Phi) is 2.82. The predicted molar refractivity (Wildman–Crippen MR) is 82.8 cm³/mol. The summed E-state index contributed by atoms with van der Waals surface area (Å²) in [6.07, 6.45) is 1.51. The van der Waals surface area contributed by atoms with E-state index in [1.54, 1.807) is 4.52 Å². The minimum atomic E-state index is 0.570. The second kappa shape index (κ2) is 4.96. The molecule has 0 aliphatic carbocycles. The van der Waals surface area contributed by atoms with Gasteiger partial charge in [-0.05, 0) is 6.92 Å². The van der Waals surface area contributed by atoms with Crippen LogP contribution in [0.3, 0.4) is 0 Å². The molecular weight excluding hydrogens is 278 g/mol. The van der Waals surface area contributed by atoms with E-state index in [2.05, 4.69) is 30.6 Å². The maximum absolute atomic E-state index is 4.64. The van der Waals surface area contributed by atoms with Gasteiger partial charge in [-0.25, -0.2) is 9.97 Å². The van der Waals surface area contributed by atoms with Crippen molar-refractivity contribution in [3.05, 3.63) is 54.5 Å². The van der Waals surface area contributed by atoms with Crippen molar-refractivity contribution in [2.75, 3.05) is 5.32 Å². The van der Waals surface area contributed by atoms with Crippen molar-refractivity contribution in [1.29, 1.82) is 0 Å². The van der Waals surface area contributed by atoms with Gasteiger partial charge in [-0.2, -0.15) is 14.7 Å². The van der Waals surface area contributed by atoms with Gasteiger partial charge < -0.3 is 5.32 Å². The summed E-state index contributed by atoms with van der Waals surface area (Å²) in [5, 5.41) is 14.4. The number of nitrogens with one attached hydrogen (secondary N) is 2. The molecule has 2 N–H and O–H groups in total. The molecule has 0 fully saturated rings. The van der Waals surface area contributed by atoms with Crippen LogP contribution in [0, 0.1) is 6.92 Å². The van der Waals surface area contributed by atoms with Gasteiger partial charge in [0.25, 0.3) is 0 Å². The molecule has 4 rings (SSSR count). The summed E-state index contributed by atoms with van der Waals surface area (Å²) < 4.78 is 1.65. The average molecular weight is 291 g/mol. The second-order valence-electron chi connectivity index (χ2n) is 4.92. The number of aryl methyl sites for hydroxylation is 1. The Bertz CT molecular complexity index is 923. The Morgan fingerprint density at radius 1 is 1.14 bits per heavy atom.